The van der Waals surface area contributed by atoms with E-state index in [2.05, 4.69) is 37.2 Å². The predicted octanol–water partition coefficient (Wildman–Crippen LogP) is -5.54. The van der Waals surface area contributed by atoms with Crippen LogP contribution in [0.4, 0.5) is 0 Å². The number of likely N-dealkylation sites (tertiary alicyclic amines) is 1. The zero-order valence-corrected chi connectivity index (χ0v) is 35.3. The van der Waals surface area contributed by atoms with E-state index in [-0.39, 0.29) is 44.8 Å². The monoisotopic (exact) mass is 899 g/mol. The van der Waals surface area contributed by atoms with Crippen LogP contribution in [-0.2, 0) is 57.5 Å². The van der Waals surface area contributed by atoms with Gasteiger partial charge < -0.3 is 74.6 Å². The van der Waals surface area contributed by atoms with Crippen molar-refractivity contribution >= 4 is 71.1 Å². The SMILES string of the molecule is CC(C)C[C@H](NC(=O)[C@H](CC(N)=O)NC(=O)[C@H](CCC(=O)O)NC(=O)CNC(=O)[C@H](CCC(=O)O)NC(=O)[C@H](CCCCN)NC(=O)[C@@H]1CCCN1C(=O)CNC(=O)CN)C(=O)O. The molecule has 354 valence electrons. The van der Waals surface area contributed by atoms with Crippen LogP contribution < -0.4 is 54.4 Å². The summed E-state index contributed by atoms with van der Waals surface area (Å²) < 4.78 is 0. The number of carbonyl (C=O) groups is 12. The Bertz CT molecular complexity index is 1680. The van der Waals surface area contributed by atoms with Crippen molar-refractivity contribution in [2.24, 2.45) is 23.1 Å². The van der Waals surface area contributed by atoms with E-state index in [4.69, 9.17) is 17.2 Å². The molecule has 9 amide bonds. The maximum atomic E-state index is 13.6. The molecule has 0 aromatic heterocycles. The Kier molecular flexibility index (Phi) is 24.4. The van der Waals surface area contributed by atoms with Crippen LogP contribution in [0.5, 0.6) is 0 Å². The lowest BCUT2D eigenvalue weighted by Crippen LogP contribution is -2.58. The number of unbranched alkanes of at least 4 members (excludes halogenated alkanes) is 1. The summed E-state index contributed by atoms with van der Waals surface area (Å²) in [5, 5.41) is 44.2. The highest BCUT2D eigenvalue weighted by Crippen LogP contribution is 2.18. The van der Waals surface area contributed by atoms with E-state index in [1.54, 1.807) is 13.8 Å². The molecule has 63 heavy (non-hydrogen) atoms. The van der Waals surface area contributed by atoms with Gasteiger partial charge in [0.05, 0.1) is 26.1 Å². The van der Waals surface area contributed by atoms with E-state index in [0.717, 1.165) is 0 Å². The number of nitrogens with two attached hydrogens (primary N) is 3. The Balaban J connectivity index is 3.17. The van der Waals surface area contributed by atoms with E-state index in [1.807, 2.05) is 0 Å². The molecule has 26 nitrogen and oxygen atoms in total. The van der Waals surface area contributed by atoms with Gasteiger partial charge in [0.1, 0.15) is 36.3 Å². The molecule has 1 aliphatic rings. The number of nitrogens with zero attached hydrogens (tertiary/aromatic N) is 1. The van der Waals surface area contributed by atoms with E-state index in [0.29, 0.717) is 19.3 Å². The van der Waals surface area contributed by atoms with E-state index < -0.39 is 153 Å². The molecule has 6 atom stereocenters. The maximum absolute atomic E-state index is 13.6. The molecular weight excluding hydrogens is 838 g/mol. The van der Waals surface area contributed by atoms with E-state index in [9.17, 15) is 72.9 Å². The number of carbonyl (C=O) groups excluding carboxylic acids is 9. The average molecular weight is 900 g/mol. The number of rotatable bonds is 30. The van der Waals surface area contributed by atoms with Crippen LogP contribution in [0.25, 0.3) is 0 Å². The van der Waals surface area contributed by atoms with Gasteiger partial charge >= 0.3 is 17.9 Å². The summed E-state index contributed by atoms with van der Waals surface area (Å²) in [6.07, 6.45) is -1.78. The zero-order valence-electron chi connectivity index (χ0n) is 35.3. The first-order valence-corrected chi connectivity index (χ1v) is 20.3. The highest BCUT2D eigenvalue weighted by atomic mass is 16.4. The normalized spacial score (nSPS) is 15.6. The van der Waals surface area contributed by atoms with Crippen LogP contribution in [-0.4, -0.2) is 160 Å². The highest BCUT2D eigenvalue weighted by Gasteiger charge is 2.37. The fourth-order valence-corrected chi connectivity index (χ4v) is 6.24. The summed E-state index contributed by atoms with van der Waals surface area (Å²) >= 11 is 0. The van der Waals surface area contributed by atoms with Crippen molar-refractivity contribution in [3.63, 3.8) is 0 Å². The minimum absolute atomic E-state index is 0.0114. The fourth-order valence-electron chi connectivity index (χ4n) is 6.24. The maximum Gasteiger partial charge on any atom is 0.326 e. The lowest BCUT2D eigenvalue weighted by atomic mass is 10.0. The second-order valence-electron chi connectivity index (χ2n) is 15.1. The van der Waals surface area contributed by atoms with Gasteiger partial charge in [-0.15, -0.1) is 0 Å². The van der Waals surface area contributed by atoms with Crippen LogP contribution in [0.3, 0.4) is 0 Å². The van der Waals surface area contributed by atoms with Crippen LogP contribution in [0, 0.1) is 5.92 Å². The Morgan fingerprint density at radius 3 is 1.70 bits per heavy atom. The Morgan fingerprint density at radius 1 is 0.635 bits per heavy atom. The lowest BCUT2D eigenvalue weighted by Gasteiger charge is -2.27. The molecule has 0 aromatic carbocycles. The molecule has 26 heteroatoms. The van der Waals surface area contributed by atoms with Crippen LogP contribution >= 0.6 is 0 Å². The van der Waals surface area contributed by atoms with Crippen molar-refractivity contribution in [3.8, 4) is 0 Å². The van der Waals surface area contributed by atoms with Crippen LogP contribution in [0.1, 0.15) is 84.5 Å². The molecule has 1 aliphatic heterocycles. The van der Waals surface area contributed by atoms with Gasteiger partial charge in [-0.3, -0.25) is 52.7 Å². The molecule has 0 aromatic rings. The third-order valence-electron chi connectivity index (χ3n) is 9.44. The molecule has 1 saturated heterocycles. The number of aliphatic carboxylic acids is 3. The Hall–Kier alpha value is -6.44. The van der Waals surface area contributed by atoms with Gasteiger partial charge in [0.25, 0.3) is 0 Å². The molecule has 0 radical (unpaired) electrons. The minimum atomic E-state index is -1.74. The number of primary amides is 1. The first-order chi connectivity index (χ1) is 29.6. The second kappa shape index (κ2) is 28.2. The summed E-state index contributed by atoms with van der Waals surface area (Å²) in [7, 11) is 0. The Labute approximate surface area is 362 Å². The first-order valence-electron chi connectivity index (χ1n) is 20.3. The van der Waals surface area contributed by atoms with Gasteiger partial charge in [-0.2, -0.15) is 0 Å². The van der Waals surface area contributed by atoms with Crippen LogP contribution in [0.15, 0.2) is 0 Å². The first kappa shape index (κ1) is 54.6. The third kappa shape index (κ3) is 21.3. The van der Waals surface area contributed by atoms with Crippen molar-refractivity contribution in [1.29, 1.82) is 0 Å². The molecule has 0 unspecified atom stereocenters. The molecule has 0 bridgehead atoms. The van der Waals surface area contributed by atoms with Crippen molar-refractivity contribution in [2.45, 2.75) is 121 Å². The number of hydrogen-bond acceptors (Lipinski definition) is 14. The van der Waals surface area contributed by atoms with Gasteiger partial charge in [-0.1, -0.05) is 13.8 Å². The molecular formula is C37H61N11O15. The lowest BCUT2D eigenvalue weighted by molar-refractivity contribution is -0.143. The topological polar surface area (TPSA) is 431 Å². The summed E-state index contributed by atoms with van der Waals surface area (Å²) in [4.78, 5) is 152. The predicted molar refractivity (Wildman–Crippen MR) is 217 cm³/mol. The molecule has 1 rings (SSSR count). The van der Waals surface area contributed by atoms with E-state index >= 15 is 0 Å². The largest absolute Gasteiger partial charge is 0.481 e. The van der Waals surface area contributed by atoms with Crippen molar-refractivity contribution in [2.75, 3.05) is 32.7 Å². The smallest absolute Gasteiger partial charge is 0.326 e. The van der Waals surface area contributed by atoms with Gasteiger partial charge in [0.2, 0.25) is 53.2 Å². The molecule has 0 spiro atoms. The second-order valence-corrected chi connectivity index (χ2v) is 15.1. The summed E-state index contributed by atoms with van der Waals surface area (Å²) in [6.45, 7) is 2.12. The number of hydrogen-bond donors (Lipinski definition) is 13. The summed E-state index contributed by atoms with van der Waals surface area (Å²) in [5.41, 5.74) is 16.1. The number of carboxylic acid groups (broad SMARTS) is 3. The number of amides is 9. The molecule has 1 fully saturated rings. The minimum Gasteiger partial charge on any atom is -0.481 e. The van der Waals surface area contributed by atoms with Gasteiger partial charge in [-0.05, 0) is 63.8 Å². The van der Waals surface area contributed by atoms with E-state index in [1.165, 1.54) is 4.90 Å². The summed E-state index contributed by atoms with van der Waals surface area (Å²) in [6, 6.07) is -8.77. The quantitative estimate of drug-likeness (QED) is 0.0299. The Morgan fingerprint density at radius 2 is 1.17 bits per heavy atom. The fraction of sp³-hybridized carbons (Fsp3) is 0.676. The molecule has 0 saturated carbocycles. The van der Waals surface area contributed by atoms with Gasteiger partial charge in [-0.25, -0.2) is 4.79 Å². The summed E-state index contributed by atoms with van der Waals surface area (Å²) in [5.74, 6) is -12.6. The van der Waals surface area contributed by atoms with Crippen molar-refractivity contribution < 1.29 is 72.9 Å². The molecule has 0 aliphatic carbocycles. The van der Waals surface area contributed by atoms with Crippen molar-refractivity contribution in [1.82, 2.24) is 42.1 Å². The van der Waals surface area contributed by atoms with Crippen LogP contribution in [0.2, 0.25) is 0 Å². The van der Waals surface area contributed by atoms with Gasteiger partial charge in [0.15, 0.2) is 0 Å². The average Bonchev–Trinajstić information content (AvgIpc) is 3.71. The zero-order chi connectivity index (χ0) is 47.8. The molecule has 16 N–H and O–H groups in total. The standard InChI is InChI=1S/C37H61N11O15/c1-19(2)14-24(37(62)63)47-35(60)23(15-26(40)49)46-34(59)22(9-11-31(55)56)43-28(51)17-42-32(57)21(8-10-30(53)54)44-33(58)20(6-3-4-12-38)45-36(61)25-7-5-13-48(25)29(52)18-41-27(50)16-39/h19-25H,3-18,38-39H2,1-2H3,(H2,40,49)(H,41,50)(H,42,57)(H,43,51)(H,44,58)(H,45,61)(H,46,59)(H,47,60)(H,53,54)(H,55,56)(H,62,63)/t20-,21-,22-,23-,24-,25-/m0/s1. The molecule has 1 heterocycles. The van der Waals surface area contributed by atoms with Crippen molar-refractivity contribution in [3.05, 3.63) is 0 Å². The van der Waals surface area contributed by atoms with Gasteiger partial charge in [0, 0.05) is 19.4 Å². The highest BCUT2D eigenvalue weighted by molar-refractivity contribution is 5.98. The third-order valence-corrected chi connectivity index (χ3v) is 9.44. The number of carboxylic acids is 3. The number of nitrogens with one attached hydrogen (secondary N) is 7.